The van der Waals surface area contributed by atoms with Crippen LogP contribution < -0.4 is 0 Å². The van der Waals surface area contributed by atoms with Gasteiger partial charge in [0.05, 0.1) is 11.0 Å². The van der Waals surface area contributed by atoms with Crippen molar-refractivity contribution in [2.45, 2.75) is 0 Å². The lowest BCUT2D eigenvalue weighted by atomic mass is 10.1. The predicted molar refractivity (Wildman–Crippen MR) is 170 cm³/mol. The molecular weight excluding hydrogens is 573 g/mol. The van der Waals surface area contributed by atoms with Crippen molar-refractivity contribution in [1.82, 2.24) is 4.57 Å². The zero-order valence-electron chi connectivity index (χ0n) is 20.7. The van der Waals surface area contributed by atoms with Crippen molar-refractivity contribution in [3.8, 4) is 41.7 Å². The minimum absolute atomic E-state index is 0.269. The molecule has 0 radical (unpaired) electrons. The normalized spacial score (nSPS) is 11.8. The van der Waals surface area contributed by atoms with Crippen LogP contribution in [0.25, 0.3) is 63.5 Å². The molecule has 0 amide bonds. The number of fused-ring (bicyclic) bond motifs is 3. The maximum Gasteiger partial charge on any atom is 0.346 e. The fraction of sp³-hybridized carbons (Fsp3) is 0. The number of nitrogens with zero attached hydrogens (tertiary/aromatic N) is 2. The number of carbonyl (C=O) groups is 1. The highest BCUT2D eigenvalue weighted by molar-refractivity contribution is 7.23. The Kier molecular flexibility index (Phi) is 6.22. The van der Waals surface area contributed by atoms with Crippen LogP contribution in [0.4, 0.5) is 0 Å². The Labute approximate surface area is 245 Å². The molecule has 2 aromatic carbocycles. The lowest BCUT2D eigenvalue weighted by molar-refractivity contribution is -0.132. The van der Waals surface area contributed by atoms with E-state index in [2.05, 4.69) is 88.1 Å². The number of hydrogen-bond donors (Lipinski definition) is 1. The highest BCUT2D eigenvalue weighted by atomic mass is 32.1. The molecule has 5 aromatic heterocycles. The van der Waals surface area contributed by atoms with E-state index in [0.29, 0.717) is 0 Å². The van der Waals surface area contributed by atoms with E-state index in [-0.39, 0.29) is 5.57 Å². The summed E-state index contributed by atoms with van der Waals surface area (Å²) in [7, 11) is 0. The predicted octanol–water partition coefficient (Wildman–Crippen LogP) is 10.0. The number of nitriles is 1. The van der Waals surface area contributed by atoms with Gasteiger partial charge in [-0.25, -0.2) is 4.79 Å². The number of hydrogen-bond acceptors (Lipinski definition) is 6. The van der Waals surface area contributed by atoms with Crippen molar-refractivity contribution in [2.24, 2.45) is 0 Å². The number of carboxylic acids is 1. The summed E-state index contributed by atoms with van der Waals surface area (Å²) in [4.78, 5) is 16.6. The van der Waals surface area contributed by atoms with Crippen molar-refractivity contribution in [3.63, 3.8) is 0 Å². The molecule has 40 heavy (non-hydrogen) atoms. The van der Waals surface area contributed by atoms with Crippen LogP contribution in [0, 0.1) is 11.3 Å². The van der Waals surface area contributed by atoms with E-state index in [1.165, 1.54) is 49.1 Å². The topological polar surface area (TPSA) is 66.0 Å². The van der Waals surface area contributed by atoms with Crippen LogP contribution in [-0.4, -0.2) is 15.6 Å². The Morgan fingerprint density at radius 3 is 1.90 bits per heavy atom. The third kappa shape index (κ3) is 4.30. The Morgan fingerprint density at radius 1 is 0.750 bits per heavy atom. The molecule has 0 bridgehead atoms. The first-order chi connectivity index (χ1) is 19.6. The maximum atomic E-state index is 11.3. The molecule has 8 heteroatoms. The Bertz CT molecular complexity index is 2010. The van der Waals surface area contributed by atoms with Crippen LogP contribution >= 0.6 is 45.3 Å². The molecule has 0 fully saturated rings. The Morgan fingerprint density at radius 2 is 1.35 bits per heavy atom. The first-order valence-electron chi connectivity index (χ1n) is 12.3. The molecule has 7 rings (SSSR count). The molecule has 0 aliphatic carbocycles. The summed E-state index contributed by atoms with van der Waals surface area (Å²) in [5.74, 6) is -1.22. The third-order valence-electron chi connectivity index (χ3n) is 6.70. The summed E-state index contributed by atoms with van der Waals surface area (Å²) in [6.07, 6.45) is 1.42. The molecule has 0 saturated carbocycles. The molecule has 1 N–H and O–H groups in total. The Balaban J connectivity index is 1.37. The molecule has 0 aliphatic heterocycles. The Hall–Kier alpha value is -4.26. The van der Waals surface area contributed by atoms with Crippen molar-refractivity contribution in [2.75, 3.05) is 0 Å². The van der Waals surface area contributed by atoms with Gasteiger partial charge in [-0.05, 0) is 88.6 Å². The summed E-state index contributed by atoms with van der Waals surface area (Å²) >= 11 is 6.67. The first kappa shape index (κ1) is 24.8. The number of carboxylic acid groups (broad SMARTS) is 1. The van der Waals surface area contributed by atoms with E-state index in [1.807, 2.05) is 12.1 Å². The van der Waals surface area contributed by atoms with Crippen LogP contribution in [0.15, 0.2) is 101 Å². The average molecular weight is 591 g/mol. The van der Waals surface area contributed by atoms with Crippen molar-refractivity contribution in [3.05, 3.63) is 106 Å². The van der Waals surface area contributed by atoms with Crippen LogP contribution in [0.2, 0.25) is 0 Å². The van der Waals surface area contributed by atoms with Crippen molar-refractivity contribution < 1.29 is 9.90 Å². The molecule has 192 valence electrons. The molecule has 0 saturated heterocycles. The van der Waals surface area contributed by atoms with E-state index in [4.69, 9.17) is 5.26 Å². The highest BCUT2D eigenvalue weighted by Crippen LogP contribution is 2.42. The second-order valence-corrected chi connectivity index (χ2v) is 13.1. The van der Waals surface area contributed by atoms with Crippen LogP contribution in [0.3, 0.4) is 0 Å². The molecule has 0 aliphatic rings. The van der Waals surface area contributed by atoms with Gasteiger partial charge in [0.2, 0.25) is 0 Å². The summed E-state index contributed by atoms with van der Waals surface area (Å²) in [5, 5.41) is 26.1. The molecular formula is C32H18N2O2S4. The molecule has 5 heterocycles. The minimum Gasteiger partial charge on any atom is -0.477 e. The molecule has 4 nitrogen and oxygen atoms in total. The van der Waals surface area contributed by atoms with Gasteiger partial charge in [0.25, 0.3) is 0 Å². The van der Waals surface area contributed by atoms with Crippen LogP contribution in [0.5, 0.6) is 0 Å². The molecule has 7 aromatic rings. The number of rotatable bonds is 6. The second-order valence-electron chi connectivity index (χ2n) is 9.07. The largest absolute Gasteiger partial charge is 0.477 e. The lowest BCUT2D eigenvalue weighted by Crippen LogP contribution is -1.96. The maximum absolute atomic E-state index is 11.3. The van der Waals surface area contributed by atoms with E-state index < -0.39 is 5.97 Å². The quantitative estimate of drug-likeness (QED) is 0.155. The second kappa shape index (κ2) is 10.0. The smallest absolute Gasteiger partial charge is 0.346 e. The fourth-order valence-corrected chi connectivity index (χ4v) is 8.40. The average Bonchev–Trinajstić information content (AvgIpc) is 3.80. The van der Waals surface area contributed by atoms with E-state index in [1.54, 1.807) is 40.1 Å². The lowest BCUT2D eigenvalue weighted by Gasteiger charge is -2.05. The van der Waals surface area contributed by atoms with Gasteiger partial charge in [0, 0.05) is 35.2 Å². The summed E-state index contributed by atoms with van der Waals surface area (Å²) in [6.45, 7) is 0. The number of aromatic nitrogens is 1. The standard InChI is InChI=1S/C32H18N2O2S4/c33-18-21(32(35)36)15-22-7-10-29(39-22)30-11-12-31(40-30)34-25-8-5-19(27-3-1-13-37-27)16-23(25)24-17-20(6-9-26(24)34)28-4-2-14-38-28/h1-17H,(H,35,36)/b21-15+. The number of thiophene rings is 4. The minimum atomic E-state index is -1.22. The van der Waals surface area contributed by atoms with Crippen molar-refractivity contribution in [1.29, 1.82) is 5.26 Å². The van der Waals surface area contributed by atoms with Crippen LogP contribution in [-0.2, 0) is 4.79 Å². The molecule has 0 unspecified atom stereocenters. The summed E-state index contributed by atoms with van der Waals surface area (Å²) in [5.41, 5.74) is 4.47. The highest BCUT2D eigenvalue weighted by Gasteiger charge is 2.17. The van der Waals surface area contributed by atoms with E-state index in [9.17, 15) is 9.90 Å². The zero-order valence-corrected chi connectivity index (χ0v) is 24.0. The van der Waals surface area contributed by atoms with Gasteiger partial charge in [-0.15, -0.1) is 45.3 Å². The zero-order chi connectivity index (χ0) is 27.2. The molecule has 0 spiro atoms. The van der Waals surface area contributed by atoms with Gasteiger partial charge < -0.3 is 9.67 Å². The van der Waals surface area contributed by atoms with Gasteiger partial charge in [-0.3, -0.25) is 0 Å². The summed E-state index contributed by atoms with van der Waals surface area (Å²) < 4.78 is 2.34. The fourth-order valence-electron chi connectivity index (χ4n) is 4.88. The van der Waals surface area contributed by atoms with Crippen LogP contribution in [0.1, 0.15) is 4.88 Å². The van der Waals surface area contributed by atoms with Gasteiger partial charge in [0.1, 0.15) is 16.6 Å². The monoisotopic (exact) mass is 590 g/mol. The summed E-state index contributed by atoms with van der Waals surface area (Å²) in [6, 6.07) is 31.8. The van der Waals surface area contributed by atoms with E-state index >= 15 is 0 Å². The SMILES string of the molecule is N#C/C(=C\c1ccc(-c2ccc(-n3c4ccc(-c5cccs5)cc4c4cc(-c5cccs5)ccc43)s2)s1)C(=O)O. The molecule has 0 atom stereocenters. The van der Waals surface area contributed by atoms with Gasteiger partial charge in [0.15, 0.2) is 0 Å². The van der Waals surface area contributed by atoms with Gasteiger partial charge in [-0.1, -0.05) is 24.3 Å². The number of aliphatic carboxylic acids is 1. The number of benzene rings is 2. The third-order valence-corrected chi connectivity index (χ3v) is 10.8. The van der Waals surface area contributed by atoms with Gasteiger partial charge >= 0.3 is 5.97 Å². The van der Waals surface area contributed by atoms with Crippen molar-refractivity contribution >= 4 is 79.2 Å². The first-order valence-corrected chi connectivity index (χ1v) is 15.7. The van der Waals surface area contributed by atoms with E-state index in [0.717, 1.165) is 30.7 Å². The van der Waals surface area contributed by atoms with Gasteiger partial charge in [-0.2, -0.15) is 5.26 Å².